The van der Waals surface area contributed by atoms with Gasteiger partial charge in [0.1, 0.15) is 6.10 Å². The van der Waals surface area contributed by atoms with Gasteiger partial charge < -0.3 is 20.1 Å². The first kappa shape index (κ1) is 11.5. The van der Waals surface area contributed by atoms with Crippen LogP contribution in [0.4, 0.5) is 0 Å². The fourth-order valence-corrected chi connectivity index (χ4v) is 2.05. The molecule has 0 bridgehead atoms. The van der Waals surface area contributed by atoms with Crippen molar-refractivity contribution in [1.29, 1.82) is 0 Å². The average molecular weight is 224 g/mol. The van der Waals surface area contributed by atoms with Gasteiger partial charge in [-0.25, -0.2) is 0 Å². The molecule has 4 nitrogen and oxygen atoms in total. The third-order valence-electron chi connectivity index (χ3n) is 2.83. The standard InChI is InChI=1S/C12H16O4/c13-8-11-10(14)7-12(15,16-11)6-9-4-2-1-3-5-9/h1-5,10-11,13-15H,6-8H2/t10-,11+,12?/m1/s1. The summed E-state index contributed by atoms with van der Waals surface area (Å²) in [7, 11) is 0. The van der Waals surface area contributed by atoms with E-state index in [1.54, 1.807) is 0 Å². The van der Waals surface area contributed by atoms with E-state index in [-0.39, 0.29) is 13.0 Å². The minimum Gasteiger partial charge on any atom is -0.394 e. The molecule has 0 spiro atoms. The first-order valence-electron chi connectivity index (χ1n) is 5.36. The van der Waals surface area contributed by atoms with Crippen LogP contribution in [0.25, 0.3) is 0 Å². The first-order valence-corrected chi connectivity index (χ1v) is 5.36. The van der Waals surface area contributed by atoms with Gasteiger partial charge in [-0.3, -0.25) is 0 Å². The molecule has 3 atom stereocenters. The van der Waals surface area contributed by atoms with Crippen molar-refractivity contribution in [2.75, 3.05) is 6.61 Å². The molecule has 1 heterocycles. The van der Waals surface area contributed by atoms with Gasteiger partial charge in [-0.05, 0) is 5.56 Å². The van der Waals surface area contributed by atoms with E-state index in [1.807, 2.05) is 30.3 Å². The summed E-state index contributed by atoms with van der Waals surface area (Å²) in [4.78, 5) is 0. The van der Waals surface area contributed by atoms with Crippen LogP contribution in [0, 0.1) is 0 Å². The molecular formula is C12H16O4. The van der Waals surface area contributed by atoms with Gasteiger partial charge in [0.2, 0.25) is 0 Å². The average Bonchev–Trinajstić information content (AvgIpc) is 2.54. The molecule has 3 N–H and O–H groups in total. The van der Waals surface area contributed by atoms with Crippen molar-refractivity contribution in [2.24, 2.45) is 0 Å². The third kappa shape index (κ3) is 2.41. The van der Waals surface area contributed by atoms with Gasteiger partial charge in [0.05, 0.1) is 12.7 Å². The summed E-state index contributed by atoms with van der Waals surface area (Å²) < 4.78 is 5.27. The predicted molar refractivity (Wildman–Crippen MR) is 57.7 cm³/mol. The van der Waals surface area contributed by atoms with Crippen LogP contribution in [-0.4, -0.2) is 39.9 Å². The van der Waals surface area contributed by atoms with E-state index >= 15 is 0 Å². The molecular weight excluding hydrogens is 208 g/mol. The van der Waals surface area contributed by atoms with Crippen molar-refractivity contribution in [3.05, 3.63) is 35.9 Å². The Balaban J connectivity index is 2.05. The highest BCUT2D eigenvalue weighted by Gasteiger charge is 2.44. The van der Waals surface area contributed by atoms with Crippen molar-refractivity contribution in [3.8, 4) is 0 Å². The number of benzene rings is 1. The molecule has 1 fully saturated rings. The summed E-state index contributed by atoms with van der Waals surface area (Å²) >= 11 is 0. The largest absolute Gasteiger partial charge is 0.394 e. The smallest absolute Gasteiger partial charge is 0.172 e. The Hall–Kier alpha value is -0.940. The maximum absolute atomic E-state index is 10.1. The fourth-order valence-electron chi connectivity index (χ4n) is 2.05. The number of hydrogen-bond acceptors (Lipinski definition) is 4. The van der Waals surface area contributed by atoms with E-state index in [0.717, 1.165) is 5.56 Å². The molecule has 1 aromatic carbocycles. The van der Waals surface area contributed by atoms with E-state index in [4.69, 9.17) is 9.84 Å². The number of aliphatic hydroxyl groups is 3. The van der Waals surface area contributed by atoms with Crippen LogP contribution in [0.15, 0.2) is 30.3 Å². The second-order valence-corrected chi connectivity index (χ2v) is 4.22. The summed E-state index contributed by atoms with van der Waals surface area (Å²) in [6.07, 6.45) is -1.04. The summed E-state index contributed by atoms with van der Waals surface area (Å²) in [6.45, 7) is -0.279. The zero-order valence-corrected chi connectivity index (χ0v) is 8.91. The number of ether oxygens (including phenoxy) is 1. The van der Waals surface area contributed by atoms with Gasteiger partial charge in [0, 0.05) is 12.8 Å². The normalized spacial score (nSPS) is 34.2. The van der Waals surface area contributed by atoms with Gasteiger partial charge in [0.15, 0.2) is 5.79 Å². The molecule has 4 heteroatoms. The Bertz CT molecular complexity index is 340. The van der Waals surface area contributed by atoms with E-state index < -0.39 is 18.0 Å². The van der Waals surface area contributed by atoms with Crippen LogP contribution in [0.2, 0.25) is 0 Å². The minimum absolute atomic E-state index is 0.132. The highest BCUT2D eigenvalue weighted by Crippen LogP contribution is 2.31. The molecule has 0 amide bonds. The molecule has 1 aliphatic rings. The Morgan fingerprint density at radius 1 is 1.31 bits per heavy atom. The molecule has 1 aliphatic heterocycles. The molecule has 1 aromatic rings. The summed E-state index contributed by atoms with van der Waals surface area (Å²) in [6, 6.07) is 9.44. The van der Waals surface area contributed by atoms with Gasteiger partial charge >= 0.3 is 0 Å². The Labute approximate surface area is 94.1 Å². The maximum Gasteiger partial charge on any atom is 0.172 e. The topological polar surface area (TPSA) is 69.9 Å². The van der Waals surface area contributed by atoms with E-state index in [1.165, 1.54) is 0 Å². The molecule has 16 heavy (non-hydrogen) atoms. The lowest BCUT2D eigenvalue weighted by Gasteiger charge is -2.22. The molecule has 88 valence electrons. The lowest BCUT2D eigenvalue weighted by Crippen LogP contribution is -2.32. The van der Waals surface area contributed by atoms with Gasteiger partial charge in [-0.15, -0.1) is 0 Å². The van der Waals surface area contributed by atoms with Crippen molar-refractivity contribution in [1.82, 2.24) is 0 Å². The van der Waals surface area contributed by atoms with Gasteiger partial charge in [0.25, 0.3) is 0 Å². The molecule has 0 radical (unpaired) electrons. The minimum atomic E-state index is -1.37. The summed E-state index contributed by atoms with van der Waals surface area (Å²) in [5.41, 5.74) is 0.941. The SMILES string of the molecule is OC[C@@H]1OC(O)(Cc2ccccc2)C[C@H]1O. The van der Waals surface area contributed by atoms with Crippen molar-refractivity contribution < 1.29 is 20.1 Å². The number of hydrogen-bond donors (Lipinski definition) is 3. The van der Waals surface area contributed by atoms with E-state index in [2.05, 4.69) is 0 Å². The fraction of sp³-hybridized carbons (Fsp3) is 0.500. The lowest BCUT2D eigenvalue weighted by molar-refractivity contribution is -0.197. The van der Waals surface area contributed by atoms with Crippen molar-refractivity contribution in [2.45, 2.75) is 30.8 Å². The Morgan fingerprint density at radius 2 is 2.00 bits per heavy atom. The zero-order chi connectivity index (χ0) is 11.6. The van der Waals surface area contributed by atoms with Crippen LogP contribution in [-0.2, 0) is 11.2 Å². The van der Waals surface area contributed by atoms with Crippen LogP contribution in [0.5, 0.6) is 0 Å². The van der Waals surface area contributed by atoms with Gasteiger partial charge in [-0.1, -0.05) is 30.3 Å². The molecule has 0 aromatic heterocycles. The van der Waals surface area contributed by atoms with Crippen molar-refractivity contribution >= 4 is 0 Å². The monoisotopic (exact) mass is 224 g/mol. The van der Waals surface area contributed by atoms with Crippen LogP contribution in [0.1, 0.15) is 12.0 Å². The maximum atomic E-state index is 10.1. The Morgan fingerprint density at radius 3 is 2.56 bits per heavy atom. The molecule has 0 aliphatic carbocycles. The van der Waals surface area contributed by atoms with Gasteiger partial charge in [-0.2, -0.15) is 0 Å². The van der Waals surface area contributed by atoms with Crippen LogP contribution < -0.4 is 0 Å². The highest BCUT2D eigenvalue weighted by atomic mass is 16.6. The third-order valence-corrected chi connectivity index (χ3v) is 2.83. The summed E-state index contributed by atoms with van der Waals surface area (Å²) in [5.74, 6) is -1.37. The molecule has 0 saturated carbocycles. The molecule has 2 rings (SSSR count). The number of aliphatic hydroxyl groups excluding tert-OH is 2. The molecule has 1 saturated heterocycles. The predicted octanol–water partition coefficient (Wildman–Crippen LogP) is 0.0598. The quantitative estimate of drug-likeness (QED) is 0.679. The number of rotatable bonds is 3. The zero-order valence-electron chi connectivity index (χ0n) is 8.91. The molecule has 1 unspecified atom stereocenters. The Kier molecular flexibility index (Phi) is 3.25. The lowest BCUT2D eigenvalue weighted by atomic mass is 10.0. The van der Waals surface area contributed by atoms with Crippen LogP contribution in [0.3, 0.4) is 0 Å². The van der Waals surface area contributed by atoms with Crippen molar-refractivity contribution in [3.63, 3.8) is 0 Å². The van der Waals surface area contributed by atoms with E-state index in [0.29, 0.717) is 6.42 Å². The summed E-state index contributed by atoms with van der Waals surface area (Å²) in [5, 5.41) is 28.6. The second-order valence-electron chi connectivity index (χ2n) is 4.22. The highest BCUT2D eigenvalue weighted by molar-refractivity contribution is 5.16. The van der Waals surface area contributed by atoms with Crippen LogP contribution >= 0.6 is 0 Å². The second kappa shape index (κ2) is 4.51. The first-order chi connectivity index (χ1) is 7.63. The van der Waals surface area contributed by atoms with E-state index in [9.17, 15) is 10.2 Å².